The molecule has 13 heteroatoms. The molecule has 0 unspecified atom stereocenters. The van der Waals surface area contributed by atoms with E-state index in [0.29, 0.717) is 5.02 Å². The quantitative estimate of drug-likeness (QED) is 0.420. The molecule has 5 rings (SSSR count). The summed E-state index contributed by atoms with van der Waals surface area (Å²) in [5.74, 6) is 2.93. The van der Waals surface area contributed by atoms with E-state index in [1.54, 1.807) is 41.9 Å². The van der Waals surface area contributed by atoms with Gasteiger partial charge in [0.2, 0.25) is 5.88 Å². The molecule has 8 nitrogen and oxygen atoms in total. The number of nitrogens with zero attached hydrogens (tertiary/aromatic N) is 3. The van der Waals surface area contributed by atoms with Crippen molar-refractivity contribution in [3.8, 4) is 11.7 Å². The number of benzene rings is 1. The number of halogens is 3. The Hall–Kier alpha value is -2.11. The number of anilines is 1. The zero-order chi connectivity index (χ0) is 24.5. The number of pyridine rings is 1. The number of aromatic nitrogens is 3. The summed E-state index contributed by atoms with van der Waals surface area (Å²) in [6, 6.07) is 7.83. The zero-order valence-corrected chi connectivity index (χ0v) is 21.9. The monoisotopic (exact) mass is 569 g/mol. The van der Waals surface area contributed by atoms with Crippen LogP contribution >= 0.6 is 58.3 Å². The van der Waals surface area contributed by atoms with E-state index < -0.39 is 5.91 Å². The number of hydrogen-bond donors (Lipinski definition) is 2. The molecular weight excluding hydrogens is 553 g/mol. The molecule has 1 aromatic carbocycles. The number of carbonyl (C=O) groups excluding carboxylic acids is 2. The van der Waals surface area contributed by atoms with Gasteiger partial charge in [-0.1, -0.05) is 34.8 Å². The highest BCUT2D eigenvalue weighted by Gasteiger charge is 2.27. The Balaban J connectivity index is 1.48. The number of ether oxygens (including phenoxy) is 1. The van der Waals surface area contributed by atoms with Gasteiger partial charge in [-0.25, -0.2) is 9.67 Å². The van der Waals surface area contributed by atoms with Gasteiger partial charge >= 0.3 is 0 Å². The molecular formula is C22H18Cl3N5O3S2. The van der Waals surface area contributed by atoms with Gasteiger partial charge in [0.25, 0.3) is 11.8 Å². The van der Waals surface area contributed by atoms with E-state index in [1.165, 1.54) is 22.9 Å². The van der Waals surface area contributed by atoms with Crippen molar-refractivity contribution in [2.45, 2.75) is 12.1 Å². The Morgan fingerprint density at radius 1 is 1.03 bits per heavy atom. The van der Waals surface area contributed by atoms with E-state index in [4.69, 9.17) is 39.5 Å². The van der Waals surface area contributed by atoms with Crippen molar-refractivity contribution in [1.29, 1.82) is 0 Å². The largest absolute Gasteiger partial charge is 0.472 e. The van der Waals surface area contributed by atoms with Crippen LogP contribution in [0, 0.1) is 0 Å². The van der Waals surface area contributed by atoms with Crippen LogP contribution < -0.4 is 15.4 Å². The van der Waals surface area contributed by atoms with Crippen LogP contribution in [0.5, 0.6) is 5.88 Å². The van der Waals surface area contributed by atoms with E-state index in [9.17, 15) is 9.59 Å². The van der Waals surface area contributed by atoms with E-state index in [0.717, 1.165) is 23.0 Å². The minimum absolute atomic E-state index is 0.0177. The molecule has 2 N–H and O–H groups in total. The maximum Gasteiger partial charge on any atom is 0.274 e. The molecule has 0 saturated carbocycles. The first-order chi connectivity index (χ1) is 16.9. The van der Waals surface area contributed by atoms with Crippen molar-refractivity contribution in [3.05, 3.63) is 62.9 Å². The fraction of sp³-hybridized carbons (Fsp3) is 0.273. The maximum absolute atomic E-state index is 13.5. The Bertz CT molecular complexity index is 1300. The zero-order valence-electron chi connectivity index (χ0n) is 18.0. The average Bonchev–Trinajstić information content (AvgIpc) is 3.19. The first kappa shape index (κ1) is 24.6. The Morgan fingerprint density at radius 2 is 1.80 bits per heavy atom. The van der Waals surface area contributed by atoms with Crippen LogP contribution in [0.1, 0.15) is 20.8 Å². The normalized spacial score (nSPS) is 15.7. The summed E-state index contributed by atoms with van der Waals surface area (Å²) in [4.78, 5) is 30.7. The summed E-state index contributed by atoms with van der Waals surface area (Å²) < 4.78 is 7.20. The highest BCUT2D eigenvalue weighted by atomic mass is 35.5. The predicted octanol–water partition coefficient (Wildman–Crippen LogP) is 4.82. The molecule has 3 aromatic rings. The second kappa shape index (κ2) is 10.5. The van der Waals surface area contributed by atoms with Crippen molar-refractivity contribution in [3.63, 3.8) is 0 Å². The Morgan fingerprint density at radius 3 is 2.46 bits per heavy atom. The van der Waals surface area contributed by atoms with Crippen molar-refractivity contribution >= 4 is 75.8 Å². The Kier molecular flexibility index (Phi) is 7.36. The standard InChI is InChI=1S/C22H18Cl3N5O3S2/c23-11-4-14(21(31)27-12-7-34-8-12)19(16(25)5-11)28-22(32)17-6-18(33-13-9-35-10-13)29-30(17)20-15(24)2-1-3-26-20/h1-6,12-13H,7-10H2,(H,27,31)(H,28,32). The third-order valence-electron chi connectivity index (χ3n) is 5.27. The van der Waals surface area contributed by atoms with Crippen LogP contribution in [0.4, 0.5) is 5.69 Å². The molecule has 2 amide bonds. The first-order valence-electron chi connectivity index (χ1n) is 10.5. The van der Waals surface area contributed by atoms with Gasteiger partial charge in [0.05, 0.1) is 21.3 Å². The molecule has 2 saturated heterocycles. The first-order valence-corrected chi connectivity index (χ1v) is 14.0. The minimum atomic E-state index is -0.575. The van der Waals surface area contributed by atoms with Crippen molar-refractivity contribution in [2.75, 3.05) is 28.3 Å². The van der Waals surface area contributed by atoms with Crippen molar-refractivity contribution < 1.29 is 14.3 Å². The molecule has 2 fully saturated rings. The maximum atomic E-state index is 13.5. The van der Waals surface area contributed by atoms with Gasteiger partial charge < -0.3 is 15.4 Å². The molecule has 182 valence electrons. The van der Waals surface area contributed by atoms with Crippen LogP contribution in [0.15, 0.2) is 36.5 Å². The molecule has 2 aliphatic rings. The topological polar surface area (TPSA) is 98.1 Å². The van der Waals surface area contributed by atoms with E-state index >= 15 is 0 Å². The number of carbonyl (C=O) groups is 2. The van der Waals surface area contributed by atoms with E-state index in [2.05, 4.69) is 20.7 Å². The van der Waals surface area contributed by atoms with Gasteiger partial charge in [-0.2, -0.15) is 23.5 Å². The molecule has 0 atom stereocenters. The average molecular weight is 571 g/mol. The van der Waals surface area contributed by atoms with Gasteiger partial charge in [0.15, 0.2) is 5.82 Å². The molecule has 2 aliphatic heterocycles. The number of rotatable bonds is 7. The molecule has 2 aromatic heterocycles. The highest BCUT2D eigenvalue weighted by molar-refractivity contribution is 8.01. The second-order valence-electron chi connectivity index (χ2n) is 7.84. The van der Waals surface area contributed by atoms with Gasteiger partial charge in [0.1, 0.15) is 11.8 Å². The number of thioether (sulfide) groups is 2. The lowest BCUT2D eigenvalue weighted by Crippen LogP contribution is -2.44. The van der Waals surface area contributed by atoms with Gasteiger partial charge in [-0.15, -0.1) is 5.10 Å². The second-order valence-corrected chi connectivity index (χ2v) is 11.2. The third kappa shape index (κ3) is 5.36. The van der Waals surface area contributed by atoms with Crippen molar-refractivity contribution in [1.82, 2.24) is 20.1 Å². The lowest BCUT2D eigenvalue weighted by molar-refractivity contribution is 0.0943. The van der Waals surface area contributed by atoms with Crippen LogP contribution in [0.25, 0.3) is 5.82 Å². The number of nitrogens with one attached hydrogen (secondary N) is 2. The molecule has 4 heterocycles. The lowest BCUT2D eigenvalue weighted by atomic mass is 10.1. The summed E-state index contributed by atoms with van der Waals surface area (Å²) >= 11 is 22.4. The number of hydrogen-bond acceptors (Lipinski definition) is 7. The third-order valence-corrected chi connectivity index (χ3v) is 8.57. The lowest BCUT2D eigenvalue weighted by Gasteiger charge is -2.26. The minimum Gasteiger partial charge on any atom is -0.472 e. The summed E-state index contributed by atoms with van der Waals surface area (Å²) in [6.45, 7) is 0. The van der Waals surface area contributed by atoms with Gasteiger partial charge in [-0.3, -0.25) is 9.59 Å². The SMILES string of the molecule is O=C(NC1CSC1)c1cc(Cl)cc(Cl)c1NC(=O)c1cc(OC2CSC2)nn1-c1ncccc1Cl. The van der Waals surface area contributed by atoms with E-state index in [1.807, 2.05) is 0 Å². The smallest absolute Gasteiger partial charge is 0.274 e. The predicted molar refractivity (Wildman–Crippen MR) is 141 cm³/mol. The van der Waals surface area contributed by atoms with E-state index in [-0.39, 0.29) is 56.7 Å². The molecule has 0 bridgehead atoms. The summed E-state index contributed by atoms with van der Waals surface area (Å²) in [7, 11) is 0. The number of amides is 2. The fourth-order valence-electron chi connectivity index (χ4n) is 3.37. The highest BCUT2D eigenvalue weighted by Crippen LogP contribution is 2.32. The Labute approximate surface area is 224 Å². The van der Waals surface area contributed by atoms with Crippen molar-refractivity contribution in [2.24, 2.45) is 0 Å². The molecule has 0 radical (unpaired) electrons. The molecule has 35 heavy (non-hydrogen) atoms. The van der Waals surface area contributed by atoms with Gasteiger partial charge in [0, 0.05) is 46.3 Å². The molecule has 0 aliphatic carbocycles. The van der Waals surface area contributed by atoms with Crippen LogP contribution in [0.3, 0.4) is 0 Å². The van der Waals surface area contributed by atoms with Crippen LogP contribution in [0.2, 0.25) is 15.1 Å². The van der Waals surface area contributed by atoms with Crippen LogP contribution in [-0.2, 0) is 0 Å². The summed E-state index contributed by atoms with van der Waals surface area (Å²) in [6.07, 6.45) is 1.56. The fourth-order valence-corrected chi connectivity index (χ4v) is 5.31. The van der Waals surface area contributed by atoms with Gasteiger partial charge in [-0.05, 0) is 24.3 Å². The summed E-state index contributed by atoms with van der Waals surface area (Å²) in [5, 5.41) is 10.8. The summed E-state index contributed by atoms with van der Waals surface area (Å²) in [5.41, 5.74) is 0.418. The molecule has 0 spiro atoms. The van der Waals surface area contributed by atoms with Crippen LogP contribution in [-0.4, -0.2) is 61.7 Å².